The van der Waals surface area contributed by atoms with E-state index in [1.165, 1.54) is 0 Å². The van der Waals surface area contributed by atoms with Crippen LogP contribution in [-0.4, -0.2) is 85.1 Å². The summed E-state index contributed by atoms with van der Waals surface area (Å²) in [6.45, 7) is 13.3. The number of methoxy groups -OCH3 is 1. The predicted molar refractivity (Wildman–Crippen MR) is 139 cm³/mol. The van der Waals surface area contributed by atoms with Crippen molar-refractivity contribution < 1.29 is 14.3 Å². The molecule has 0 unspecified atom stereocenters. The van der Waals surface area contributed by atoms with E-state index in [0.717, 1.165) is 50.2 Å². The van der Waals surface area contributed by atoms with Crippen molar-refractivity contribution in [3.05, 3.63) is 35.9 Å². The molecule has 1 aromatic carbocycles. The van der Waals surface area contributed by atoms with Crippen LogP contribution in [0, 0.1) is 0 Å². The smallest absolute Gasteiger partial charge is 0.317 e. The van der Waals surface area contributed by atoms with Crippen LogP contribution in [-0.2, 0) is 4.79 Å². The number of carbonyl (C=O) groups excluding carboxylic acids is 2. The fraction of sp³-hybridized carbons (Fsp3) is 0.630. The quantitative estimate of drug-likeness (QED) is 0.489. The first-order valence-corrected chi connectivity index (χ1v) is 12.6. The number of ether oxygens (including phenoxy) is 1. The maximum absolute atomic E-state index is 12.9. The van der Waals surface area contributed by atoms with Gasteiger partial charge in [0.1, 0.15) is 5.75 Å². The van der Waals surface area contributed by atoms with Gasteiger partial charge < -0.3 is 19.9 Å². The molecule has 7 heteroatoms. The molecule has 7 nitrogen and oxygen atoms in total. The second kappa shape index (κ2) is 14.0. The molecular weight excluding hydrogens is 428 g/mol. The number of para-hydroxylation sites is 1. The Bertz CT molecular complexity index is 795. The predicted octanol–water partition coefficient (Wildman–Crippen LogP) is 4.24. The lowest BCUT2D eigenvalue weighted by Crippen LogP contribution is -2.55. The monoisotopic (exact) mass is 472 g/mol. The van der Waals surface area contributed by atoms with Crippen LogP contribution in [0.3, 0.4) is 0 Å². The van der Waals surface area contributed by atoms with Gasteiger partial charge in [0, 0.05) is 63.3 Å². The van der Waals surface area contributed by atoms with E-state index in [4.69, 9.17) is 4.74 Å². The number of rotatable bonds is 11. The summed E-state index contributed by atoms with van der Waals surface area (Å²) >= 11 is 0. The van der Waals surface area contributed by atoms with Gasteiger partial charge in [0.05, 0.1) is 7.11 Å². The van der Waals surface area contributed by atoms with Gasteiger partial charge in [0.25, 0.3) is 0 Å². The minimum Gasteiger partial charge on any atom is -0.496 e. The van der Waals surface area contributed by atoms with Gasteiger partial charge in [-0.05, 0) is 33.3 Å². The topological polar surface area (TPSA) is 65.1 Å². The zero-order valence-corrected chi connectivity index (χ0v) is 21.8. The number of urea groups is 1. The molecule has 0 saturated carbocycles. The van der Waals surface area contributed by atoms with Crippen LogP contribution < -0.4 is 10.1 Å². The summed E-state index contributed by atoms with van der Waals surface area (Å²) in [7, 11) is 1.67. The van der Waals surface area contributed by atoms with Crippen molar-refractivity contribution in [2.75, 3.05) is 52.9 Å². The molecule has 0 aliphatic carbocycles. The Balaban J connectivity index is 1.90. The van der Waals surface area contributed by atoms with E-state index < -0.39 is 0 Å². The van der Waals surface area contributed by atoms with Gasteiger partial charge in [-0.3, -0.25) is 9.69 Å². The van der Waals surface area contributed by atoms with E-state index in [0.29, 0.717) is 32.6 Å². The number of nitrogens with zero attached hydrogens (tertiary/aromatic N) is 3. The molecule has 1 aliphatic rings. The van der Waals surface area contributed by atoms with Crippen LogP contribution in [0.5, 0.6) is 5.75 Å². The minimum atomic E-state index is -0.232. The van der Waals surface area contributed by atoms with Crippen molar-refractivity contribution in [1.82, 2.24) is 20.0 Å². The van der Waals surface area contributed by atoms with Gasteiger partial charge in [-0.25, -0.2) is 4.79 Å². The molecule has 1 heterocycles. The molecule has 0 radical (unpaired) electrons. The molecule has 1 aliphatic heterocycles. The average molecular weight is 473 g/mol. The van der Waals surface area contributed by atoms with E-state index in [9.17, 15) is 9.59 Å². The number of nitrogens with one attached hydrogen (secondary N) is 1. The van der Waals surface area contributed by atoms with Gasteiger partial charge in [-0.2, -0.15) is 0 Å². The SMILES string of the molecule is CCCCCC(=O)N(CC=Cc1ccccc1OC)CCN1CCN(C(=O)NC(C)(C)C)CC1. The molecule has 0 aromatic heterocycles. The highest BCUT2D eigenvalue weighted by molar-refractivity contribution is 5.76. The maximum atomic E-state index is 12.9. The van der Waals surface area contributed by atoms with Gasteiger partial charge in [0.2, 0.25) is 5.91 Å². The molecule has 0 atom stereocenters. The summed E-state index contributed by atoms with van der Waals surface area (Å²) in [5.41, 5.74) is 0.775. The summed E-state index contributed by atoms with van der Waals surface area (Å²) in [5.74, 6) is 1.04. The van der Waals surface area contributed by atoms with Crippen molar-refractivity contribution in [3.8, 4) is 5.75 Å². The molecule has 0 bridgehead atoms. The maximum Gasteiger partial charge on any atom is 0.317 e. The lowest BCUT2D eigenvalue weighted by atomic mass is 10.1. The number of amides is 3. The number of carbonyl (C=O) groups is 2. The van der Waals surface area contributed by atoms with Gasteiger partial charge in [-0.15, -0.1) is 0 Å². The summed E-state index contributed by atoms with van der Waals surface area (Å²) in [6.07, 6.45) is 7.78. The van der Waals surface area contributed by atoms with E-state index in [-0.39, 0.29) is 17.5 Å². The molecule has 1 saturated heterocycles. The highest BCUT2D eigenvalue weighted by Gasteiger charge is 2.24. The van der Waals surface area contributed by atoms with Crippen molar-refractivity contribution in [3.63, 3.8) is 0 Å². The summed E-state index contributed by atoms with van der Waals surface area (Å²) in [4.78, 5) is 31.5. The Morgan fingerprint density at radius 2 is 1.82 bits per heavy atom. The third kappa shape index (κ3) is 9.75. The standard InChI is InChI=1S/C27H44N4O3/c1-6-7-8-15-25(32)30(16-11-13-23-12-9-10-14-24(23)34-5)20-17-29-18-21-31(22-19-29)26(33)28-27(2,3)4/h9-14H,6-8,15-22H2,1-5H3,(H,28,33). The molecule has 1 N–H and O–H groups in total. The highest BCUT2D eigenvalue weighted by Crippen LogP contribution is 2.18. The molecule has 34 heavy (non-hydrogen) atoms. The van der Waals surface area contributed by atoms with E-state index in [2.05, 4.69) is 17.1 Å². The van der Waals surface area contributed by atoms with Crippen LogP contribution in [0.2, 0.25) is 0 Å². The minimum absolute atomic E-state index is 0.00126. The van der Waals surface area contributed by atoms with Crippen LogP contribution in [0.1, 0.15) is 58.9 Å². The van der Waals surface area contributed by atoms with Gasteiger partial charge in [0.15, 0.2) is 0 Å². The zero-order valence-electron chi connectivity index (χ0n) is 21.8. The van der Waals surface area contributed by atoms with E-state index in [1.54, 1.807) is 7.11 Å². The first-order chi connectivity index (χ1) is 16.2. The number of hydrogen-bond donors (Lipinski definition) is 1. The Labute approximate surface area is 206 Å². The van der Waals surface area contributed by atoms with Crippen molar-refractivity contribution in [2.45, 2.75) is 58.9 Å². The number of piperazine rings is 1. The van der Waals surface area contributed by atoms with Crippen LogP contribution in [0.25, 0.3) is 6.08 Å². The number of hydrogen-bond acceptors (Lipinski definition) is 4. The Morgan fingerprint density at radius 3 is 2.47 bits per heavy atom. The number of benzene rings is 1. The molecule has 1 fully saturated rings. The highest BCUT2D eigenvalue weighted by atomic mass is 16.5. The van der Waals surface area contributed by atoms with Crippen LogP contribution >= 0.6 is 0 Å². The second-order valence-corrected chi connectivity index (χ2v) is 9.95. The first kappa shape index (κ1) is 27.7. The zero-order chi connectivity index (χ0) is 25.0. The van der Waals surface area contributed by atoms with E-state index >= 15 is 0 Å². The normalized spacial score (nSPS) is 14.9. The summed E-state index contributed by atoms with van der Waals surface area (Å²) in [6, 6.07) is 7.89. The van der Waals surface area contributed by atoms with Crippen molar-refractivity contribution >= 4 is 18.0 Å². The molecular formula is C27H44N4O3. The molecule has 0 spiro atoms. The molecule has 1 aromatic rings. The molecule has 190 valence electrons. The van der Waals surface area contributed by atoms with Gasteiger partial charge >= 0.3 is 6.03 Å². The first-order valence-electron chi connectivity index (χ1n) is 12.6. The summed E-state index contributed by atoms with van der Waals surface area (Å²) in [5, 5.41) is 3.04. The van der Waals surface area contributed by atoms with Crippen molar-refractivity contribution in [2.24, 2.45) is 0 Å². The summed E-state index contributed by atoms with van der Waals surface area (Å²) < 4.78 is 5.42. The van der Waals surface area contributed by atoms with Gasteiger partial charge in [-0.1, -0.05) is 50.1 Å². The number of unbranched alkanes of at least 4 members (excludes halogenated alkanes) is 2. The third-order valence-electron chi connectivity index (χ3n) is 5.94. The third-order valence-corrected chi connectivity index (χ3v) is 5.94. The average Bonchev–Trinajstić information content (AvgIpc) is 2.80. The van der Waals surface area contributed by atoms with E-state index in [1.807, 2.05) is 67.0 Å². The molecule has 2 rings (SSSR count). The Hall–Kier alpha value is -2.54. The second-order valence-electron chi connectivity index (χ2n) is 9.95. The largest absolute Gasteiger partial charge is 0.496 e. The lowest BCUT2D eigenvalue weighted by molar-refractivity contribution is -0.131. The fourth-order valence-corrected chi connectivity index (χ4v) is 3.95. The van der Waals surface area contributed by atoms with Crippen LogP contribution in [0.15, 0.2) is 30.3 Å². The van der Waals surface area contributed by atoms with Crippen molar-refractivity contribution in [1.29, 1.82) is 0 Å². The fourth-order valence-electron chi connectivity index (χ4n) is 3.95. The Kier molecular flexibility index (Phi) is 11.4. The molecule has 3 amide bonds. The van der Waals surface area contributed by atoms with Crippen LogP contribution in [0.4, 0.5) is 4.79 Å². The lowest BCUT2D eigenvalue weighted by Gasteiger charge is -2.37. The Morgan fingerprint density at radius 1 is 1.12 bits per heavy atom.